The van der Waals surface area contributed by atoms with Gasteiger partial charge in [0.05, 0.1) is 39.9 Å². The number of likely N-dealkylation sites (N-methyl/N-ethyl adjacent to an activating group) is 1. The van der Waals surface area contributed by atoms with Crippen LogP contribution in [-0.4, -0.2) is 68.5 Å². The van der Waals surface area contributed by atoms with E-state index < -0.39 is 20.0 Å². The van der Waals surface area contributed by atoms with Gasteiger partial charge in [-0.1, -0.05) is 109 Å². The van der Waals surface area contributed by atoms with Crippen LogP contribution in [0.4, 0.5) is 0 Å². The highest BCUT2D eigenvalue weighted by atomic mass is 31.2. The van der Waals surface area contributed by atoms with Crippen LogP contribution in [-0.2, 0) is 18.4 Å². The lowest BCUT2D eigenvalue weighted by atomic mass is 10.1. The Kier molecular flexibility index (Phi) is 25.7. The number of allylic oxidation sites excluding steroid dienone is 3. The normalized spacial score (nSPS) is 15.3. The van der Waals surface area contributed by atoms with E-state index in [1.807, 2.05) is 27.2 Å². The molecule has 248 valence electrons. The molecule has 0 aliphatic heterocycles. The molecule has 0 heterocycles. The quantitative estimate of drug-likeness (QED) is 0.0398. The van der Waals surface area contributed by atoms with Crippen molar-refractivity contribution < 1.29 is 32.9 Å². The zero-order valence-corrected chi connectivity index (χ0v) is 28.6. The number of carbonyl (C=O) groups is 1. The number of phosphoric acid groups is 1. The Labute approximate surface area is 258 Å². The number of amides is 1. The average Bonchev–Trinajstić information content (AvgIpc) is 2.92. The van der Waals surface area contributed by atoms with E-state index in [0.29, 0.717) is 17.4 Å². The molecular formula is C33H65N2O6P. The van der Waals surface area contributed by atoms with Crippen molar-refractivity contribution in [2.75, 3.05) is 40.9 Å². The minimum Gasteiger partial charge on any atom is -0.756 e. The van der Waals surface area contributed by atoms with Crippen molar-refractivity contribution in [3.8, 4) is 0 Å². The molecule has 42 heavy (non-hydrogen) atoms. The molecule has 3 unspecified atom stereocenters. The standard InChI is InChI=1S/C33H65N2O6P/c1-6-8-10-12-14-16-18-20-22-24-26-32(36)31(30-41-42(38,39)40-29-28-35(3,4)5)34-33(37)27-25-23-21-19-17-15-13-11-9-7-2/h13,15,24,26,31-32,36H,6-12,14,16-23,25,27-30H2,1-5H3,(H-,34,37,38,39)/b15-13-,26-24+. The van der Waals surface area contributed by atoms with Gasteiger partial charge < -0.3 is 28.8 Å². The molecule has 0 aliphatic rings. The first-order chi connectivity index (χ1) is 20.0. The predicted octanol–water partition coefficient (Wildman–Crippen LogP) is 7.21. The largest absolute Gasteiger partial charge is 0.756 e. The van der Waals surface area contributed by atoms with E-state index >= 15 is 0 Å². The van der Waals surface area contributed by atoms with Crippen LogP contribution >= 0.6 is 7.82 Å². The summed E-state index contributed by atoms with van der Waals surface area (Å²) in [5.41, 5.74) is 0. The smallest absolute Gasteiger partial charge is 0.268 e. The lowest BCUT2D eigenvalue weighted by Gasteiger charge is -2.29. The molecule has 0 rings (SSSR count). The number of carbonyl (C=O) groups excluding carboxylic acids is 1. The number of hydrogen-bond donors (Lipinski definition) is 2. The van der Waals surface area contributed by atoms with Crippen LogP contribution in [0.3, 0.4) is 0 Å². The Morgan fingerprint density at radius 2 is 1.33 bits per heavy atom. The van der Waals surface area contributed by atoms with Crippen molar-refractivity contribution >= 4 is 13.7 Å². The fraction of sp³-hybridized carbons (Fsp3) is 0.848. The summed E-state index contributed by atoms with van der Waals surface area (Å²) in [7, 11) is 1.25. The van der Waals surface area contributed by atoms with Crippen molar-refractivity contribution in [1.82, 2.24) is 5.32 Å². The highest BCUT2D eigenvalue weighted by Crippen LogP contribution is 2.38. The molecule has 0 bridgehead atoms. The molecule has 0 saturated heterocycles. The first kappa shape index (κ1) is 41.0. The Morgan fingerprint density at radius 3 is 1.93 bits per heavy atom. The molecule has 0 aromatic rings. The molecule has 9 heteroatoms. The van der Waals surface area contributed by atoms with Gasteiger partial charge in [-0.2, -0.15) is 0 Å². The van der Waals surface area contributed by atoms with Gasteiger partial charge in [0, 0.05) is 6.42 Å². The molecule has 0 fully saturated rings. The topological polar surface area (TPSA) is 108 Å². The predicted molar refractivity (Wildman–Crippen MR) is 173 cm³/mol. The summed E-state index contributed by atoms with van der Waals surface area (Å²) < 4.78 is 22.9. The highest BCUT2D eigenvalue weighted by molar-refractivity contribution is 7.45. The van der Waals surface area contributed by atoms with Crippen molar-refractivity contribution in [3.05, 3.63) is 24.3 Å². The summed E-state index contributed by atoms with van der Waals surface area (Å²) in [6, 6.07) is -0.884. The molecule has 1 amide bonds. The first-order valence-corrected chi connectivity index (χ1v) is 18.2. The molecule has 0 aliphatic carbocycles. The fourth-order valence-electron chi connectivity index (χ4n) is 4.36. The van der Waals surface area contributed by atoms with Gasteiger partial charge in [0.2, 0.25) is 5.91 Å². The second-order valence-electron chi connectivity index (χ2n) is 12.5. The number of rotatable bonds is 29. The monoisotopic (exact) mass is 616 g/mol. The SMILES string of the molecule is CCCC/C=C\CCCCCCC(=O)NC(COP(=O)([O-])OCC[N+](C)(C)C)C(O)/C=C/CCCCCCCCCC. The number of aliphatic hydroxyl groups is 1. The third-order valence-corrected chi connectivity index (χ3v) is 8.12. The van der Waals surface area contributed by atoms with Gasteiger partial charge >= 0.3 is 0 Å². The lowest BCUT2D eigenvalue weighted by molar-refractivity contribution is -0.870. The van der Waals surface area contributed by atoms with E-state index in [0.717, 1.165) is 57.8 Å². The number of aliphatic hydroxyl groups excluding tert-OH is 1. The number of hydrogen-bond acceptors (Lipinski definition) is 6. The summed E-state index contributed by atoms with van der Waals surface area (Å²) in [4.78, 5) is 25.0. The van der Waals surface area contributed by atoms with Crippen molar-refractivity contribution in [1.29, 1.82) is 0 Å². The molecule has 3 atom stereocenters. The maximum atomic E-state index is 12.6. The van der Waals surface area contributed by atoms with Crippen molar-refractivity contribution in [3.63, 3.8) is 0 Å². The van der Waals surface area contributed by atoms with E-state index in [4.69, 9.17) is 9.05 Å². The minimum absolute atomic E-state index is 0.00308. The molecule has 0 saturated carbocycles. The van der Waals surface area contributed by atoms with Gasteiger partial charge in [-0.3, -0.25) is 9.36 Å². The molecule has 8 nitrogen and oxygen atoms in total. The maximum Gasteiger partial charge on any atom is 0.268 e. The molecule has 0 radical (unpaired) electrons. The van der Waals surface area contributed by atoms with Crippen LogP contribution in [0.25, 0.3) is 0 Å². The van der Waals surface area contributed by atoms with E-state index in [9.17, 15) is 19.4 Å². The summed E-state index contributed by atoms with van der Waals surface area (Å²) in [5, 5.41) is 13.6. The van der Waals surface area contributed by atoms with Crippen LogP contribution < -0.4 is 10.2 Å². The van der Waals surface area contributed by atoms with Gasteiger partial charge in [0.15, 0.2) is 0 Å². The summed E-state index contributed by atoms with van der Waals surface area (Å²) in [6.45, 7) is 4.53. The molecule has 0 aromatic carbocycles. The van der Waals surface area contributed by atoms with Gasteiger partial charge in [-0.25, -0.2) is 0 Å². The Balaban J connectivity index is 4.67. The van der Waals surface area contributed by atoms with Crippen molar-refractivity contribution in [2.24, 2.45) is 0 Å². The number of phosphoric ester groups is 1. The van der Waals surface area contributed by atoms with Gasteiger partial charge in [0.25, 0.3) is 7.82 Å². The maximum absolute atomic E-state index is 12.6. The number of unbranched alkanes of at least 4 members (excludes halogenated alkanes) is 14. The molecular weight excluding hydrogens is 551 g/mol. The second-order valence-corrected chi connectivity index (χ2v) is 13.9. The minimum atomic E-state index is -4.57. The van der Waals surface area contributed by atoms with E-state index in [1.54, 1.807) is 6.08 Å². The summed E-state index contributed by atoms with van der Waals surface area (Å²) in [5.74, 6) is -0.217. The summed E-state index contributed by atoms with van der Waals surface area (Å²) >= 11 is 0. The van der Waals surface area contributed by atoms with Crippen LogP contribution in [0, 0.1) is 0 Å². The number of nitrogens with zero attached hydrogens (tertiary/aromatic N) is 1. The third kappa shape index (κ3) is 27.8. The highest BCUT2D eigenvalue weighted by Gasteiger charge is 2.23. The van der Waals surface area contributed by atoms with Gasteiger partial charge in [0.1, 0.15) is 13.2 Å². The summed E-state index contributed by atoms with van der Waals surface area (Å²) in [6.07, 6.45) is 26.5. The van der Waals surface area contributed by atoms with E-state index in [2.05, 4.69) is 31.3 Å². The molecule has 2 N–H and O–H groups in total. The van der Waals surface area contributed by atoms with Crippen LogP contribution in [0.2, 0.25) is 0 Å². The number of nitrogens with one attached hydrogen (secondary N) is 1. The average molecular weight is 617 g/mol. The van der Waals surface area contributed by atoms with Gasteiger partial charge in [-0.05, 0) is 38.5 Å². The Morgan fingerprint density at radius 1 is 0.810 bits per heavy atom. The van der Waals surface area contributed by atoms with Crippen molar-refractivity contribution in [2.45, 2.75) is 142 Å². The van der Waals surface area contributed by atoms with Crippen LogP contribution in [0.1, 0.15) is 129 Å². The Bertz CT molecular complexity index is 753. The number of quaternary nitrogens is 1. The van der Waals surface area contributed by atoms with E-state index in [1.165, 1.54) is 51.4 Å². The zero-order valence-electron chi connectivity index (χ0n) is 27.7. The lowest BCUT2D eigenvalue weighted by Crippen LogP contribution is -2.45. The first-order valence-electron chi connectivity index (χ1n) is 16.7. The fourth-order valence-corrected chi connectivity index (χ4v) is 5.09. The zero-order chi connectivity index (χ0) is 31.5. The van der Waals surface area contributed by atoms with Crippen LogP contribution in [0.5, 0.6) is 0 Å². The molecule has 0 aromatic heterocycles. The molecule has 0 spiro atoms. The Hall–Kier alpha value is -1.02. The van der Waals surface area contributed by atoms with Gasteiger partial charge in [-0.15, -0.1) is 0 Å². The second kappa shape index (κ2) is 26.4. The van der Waals surface area contributed by atoms with E-state index in [-0.39, 0.29) is 19.1 Å². The van der Waals surface area contributed by atoms with Crippen LogP contribution in [0.15, 0.2) is 24.3 Å². The third-order valence-electron chi connectivity index (χ3n) is 7.16.